The third-order valence-electron chi connectivity index (χ3n) is 1.66. The summed E-state index contributed by atoms with van der Waals surface area (Å²) in [5, 5.41) is 0. The van der Waals surface area contributed by atoms with Gasteiger partial charge in [-0.3, -0.25) is 0 Å². The van der Waals surface area contributed by atoms with Gasteiger partial charge >= 0.3 is 135 Å². The molecule has 0 aromatic carbocycles. The molecule has 0 N–H and O–H groups in total. The molecule has 1 rings (SSSR count). The first-order valence-electron chi connectivity index (χ1n) is 4.72. The molecule has 10 heteroatoms. The van der Waals surface area contributed by atoms with Crippen LogP contribution < -0.4 is 0 Å². The first-order valence-corrected chi connectivity index (χ1v) is 5.36. The molecule has 1 saturated heterocycles. The van der Waals surface area contributed by atoms with Crippen molar-refractivity contribution in [2.45, 2.75) is 0 Å². The number of hydrogen-bond donors (Lipinski definition) is 0. The van der Waals surface area contributed by atoms with E-state index in [2.05, 4.69) is 53.8 Å². The van der Waals surface area contributed by atoms with Crippen LogP contribution in [0.2, 0.25) is 0 Å². The van der Waals surface area contributed by atoms with E-state index in [4.69, 9.17) is 28.0 Å². The molecule has 1 fully saturated rings. The maximum absolute atomic E-state index is 11.0. The fraction of sp³-hybridized carbons (Fsp3) is 0.417. The van der Waals surface area contributed by atoms with E-state index >= 15 is 0 Å². The second kappa shape index (κ2) is 36.6. The van der Waals surface area contributed by atoms with Crippen molar-refractivity contribution in [3.8, 4) is 0 Å². The zero-order chi connectivity index (χ0) is 19.0. The molecule has 0 amide bonds. The molecule has 0 unspecified atom stereocenters. The van der Waals surface area contributed by atoms with E-state index in [0.29, 0.717) is 17.7 Å². The Hall–Kier alpha value is -1.51. The van der Waals surface area contributed by atoms with Crippen LogP contribution in [0.3, 0.4) is 0 Å². The van der Waals surface area contributed by atoms with Gasteiger partial charge in [0, 0.05) is 0 Å². The summed E-state index contributed by atoms with van der Waals surface area (Å²) >= 11 is 2.71. The van der Waals surface area contributed by atoms with Gasteiger partial charge < -0.3 is 0 Å². The number of nitrogens with zero attached hydrogens (tertiary/aromatic N) is 1. The molecule has 118 valence electrons. The van der Waals surface area contributed by atoms with Gasteiger partial charge in [0.15, 0.2) is 0 Å². The van der Waals surface area contributed by atoms with Crippen molar-refractivity contribution in [1.82, 2.24) is 4.90 Å². The molecule has 0 aromatic rings. The number of ether oxygens (including phenoxy) is 2. The van der Waals surface area contributed by atoms with Crippen LogP contribution in [0.15, 0.2) is 0 Å². The second-order valence-electron chi connectivity index (χ2n) is 2.40. The van der Waals surface area contributed by atoms with E-state index < -0.39 is 0 Å². The van der Waals surface area contributed by atoms with Crippen LogP contribution in [-0.4, -0.2) is 48.8 Å². The van der Waals surface area contributed by atoms with Gasteiger partial charge in [-0.25, -0.2) is 0 Å². The van der Waals surface area contributed by atoms with Gasteiger partial charge in [0.25, 0.3) is 0 Å². The second-order valence-corrected chi connectivity index (χ2v) is 3.00. The SMILES string of the molecule is COC(=O)[C](=[Cr])N1CCOCC1.[C-]#[O+].[C-]#[O+].[C-]#[O+].[C-]#[O+].[C-]#[O+]. The normalized spacial score (nSPS) is 10.7. The Labute approximate surface area is 136 Å². The Kier molecular flexibility index (Phi) is 54.0. The van der Waals surface area contributed by atoms with Gasteiger partial charge in [-0.05, 0) is 0 Å². The molecule has 1 heterocycles. The maximum atomic E-state index is 11.0. The summed E-state index contributed by atoms with van der Waals surface area (Å²) in [5.41, 5.74) is 0. The van der Waals surface area contributed by atoms with Gasteiger partial charge in [0.05, 0.1) is 0 Å². The van der Waals surface area contributed by atoms with Gasteiger partial charge in [-0.1, -0.05) is 0 Å². The Bertz CT molecular complexity index is 331. The van der Waals surface area contributed by atoms with Gasteiger partial charge in [-0.2, -0.15) is 0 Å². The summed E-state index contributed by atoms with van der Waals surface area (Å²) in [6.45, 7) is 25.3. The Balaban J connectivity index is -0.0000000822. The van der Waals surface area contributed by atoms with E-state index in [1.807, 2.05) is 4.90 Å². The van der Waals surface area contributed by atoms with Crippen molar-refractivity contribution in [2.24, 2.45) is 0 Å². The van der Waals surface area contributed by atoms with E-state index in [0.717, 1.165) is 13.1 Å². The number of rotatable bonds is 2. The molecular weight excluding hydrogens is 338 g/mol. The van der Waals surface area contributed by atoms with Crippen molar-refractivity contribution >= 4 is 10.5 Å². The fourth-order valence-corrected chi connectivity index (χ4v) is 1.40. The van der Waals surface area contributed by atoms with Crippen LogP contribution in [0.1, 0.15) is 0 Å². The van der Waals surface area contributed by atoms with Crippen LogP contribution in [0.4, 0.5) is 0 Å². The van der Waals surface area contributed by atoms with Gasteiger partial charge in [0.1, 0.15) is 0 Å². The molecule has 0 aliphatic carbocycles. The summed E-state index contributed by atoms with van der Waals surface area (Å²) in [5.74, 6) is -0.308. The van der Waals surface area contributed by atoms with E-state index in [1.165, 1.54) is 7.11 Å². The van der Waals surface area contributed by atoms with Crippen molar-refractivity contribution in [3.05, 3.63) is 33.3 Å². The molecule has 1 aliphatic heterocycles. The number of methoxy groups -OCH3 is 1. The van der Waals surface area contributed by atoms with Crippen LogP contribution in [0, 0.1) is 33.3 Å². The predicted molar refractivity (Wildman–Crippen MR) is 59.1 cm³/mol. The minimum absolute atomic E-state index is 0.308. The molecule has 0 radical (unpaired) electrons. The summed E-state index contributed by atoms with van der Waals surface area (Å²) in [6, 6.07) is 0. The molecule has 22 heavy (non-hydrogen) atoms. The van der Waals surface area contributed by atoms with E-state index in [1.54, 1.807) is 0 Å². The third-order valence-corrected chi connectivity index (χ3v) is 2.32. The standard InChI is InChI=1S/C7H11NO3.5CO.Cr/c1-10-7(9)6-8-2-4-11-5-3-8;5*1-2;/h2-5H2,1H3;;;;;;. The van der Waals surface area contributed by atoms with Crippen molar-refractivity contribution in [3.63, 3.8) is 0 Å². The topological polar surface area (TPSA) is 138 Å². The van der Waals surface area contributed by atoms with Crippen LogP contribution >= 0.6 is 0 Å². The van der Waals surface area contributed by atoms with E-state index in [9.17, 15) is 4.79 Å². The number of carbonyl (C=O) groups excluding carboxylic acids is 1. The van der Waals surface area contributed by atoms with Crippen LogP contribution in [0.25, 0.3) is 0 Å². The molecule has 9 nitrogen and oxygen atoms in total. The molecule has 0 spiro atoms. The molecule has 0 bridgehead atoms. The van der Waals surface area contributed by atoms with Crippen molar-refractivity contribution < 1.29 is 53.4 Å². The van der Waals surface area contributed by atoms with E-state index in [-0.39, 0.29) is 5.97 Å². The van der Waals surface area contributed by atoms with Crippen molar-refractivity contribution in [2.75, 3.05) is 33.4 Å². The summed E-state index contributed by atoms with van der Waals surface area (Å²) in [4.78, 5) is 13.0. The monoisotopic (exact) mass is 349 g/mol. The predicted octanol–water partition coefficient (Wildman–Crippen LogP) is -1.02. The molecule has 0 aromatic heterocycles. The Morgan fingerprint density at radius 3 is 1.55 bits per heavy atom. The average Bonchev–Trinajstić information content (AvgIpc) is 2.69. The zero-order valence-electron chi connectivity index (χ0n) is 11.4. The zero-order valence-corrected chi connectivity index (χ0v) is 12.7. The number of carbonyl (C=O) groups is 1. The van der Waals surface area contributed by atoms with Crippen LogP contribution in [-0.2, 0) is 53.4 Å². The van der Waals surface area contributed by atoms with Crippen molar-refractivity contribution in [1.29, 1.82) is 0 Å². The third kappa shape index (κ3) is 20.8. The first kappa shape index (κ1) is 32.4. The number of esters is 1. The minimum atomic E-state index is -0.308. The average molecular weight is 349 g/mol. The Morgan fingerprint density at radius 2 is 1.27 bits per heavy atom. The van der Waals surface area contributed by atoms with Gasteiger partial charge in [-0.15, -0.1) is 0 Å². The summed E-state index contributed by atoms with van der Waals surface area (Å²) in [7, 11) is 1.38. The summed E-state index contributed by atoms with van der Waals surface area (Å²) < 4.78 is 47.8. The molecule has 1 aliphatic rings. The Morgan fingerprint density at radius 1 is 0.955 bits per heavy atom. The van der Waals surface area contributed by atoms with Gasteiger partial charge in [0.2, 0.25) is 0 Å². The molecule has 0 saturated carbocycles. The quantitative estimate of drug-likeness (QED) is 0.358. The first-order chi connectivity index (χ1) is 10.8. The molecule has 0 atom stereocenters. The number of hydrogen-bond acceptors (Lipinski definition) is 4. The molecular formula is C12H11CrNO8. The summed E-state index contributed by atoms with van der Waals surface area (Å²) in [6.07, 6.45) is 0. The number of morpholine rings is 1. The van der Waals surface area contributed by atoms with Crippen LogP contribution in [0.5, 0.6) is 0 Å². The fourth-order valence-electron chi connectivity index (χ4n) is 0.983.